The molecule has 0 aliphatic carbocycles. The SMILES string of the molecule is CN(CCn1cc(-c2cnc3ccc(O)cc3c2)cn1)C(=O)O. The molecule has 3 aromatic rings. The van der Waals surface area contributed by atoms with Crippen LogP contribution in [0.3, 0.4) is 0 Å². The molecule has 0 unspecified atom stereocenters. The predicted octanol–water partition coefficient (Wildman–Crippen LogP) is 2.41. The van der Waals surface area contributed by atoms with Crippen LogP contribution in [0.4, 0.5) is 4.79 Å². The van der Waals surface area contributed by atoms with Gasteiger partial charge in [-0.1, -0.05) is 0 Å². The van der Waals surface area contributed by atoms with Gasteiger partial charge in [0.2, 0.25) is 0 Å². The number of amides is 1. The molecule has 1 aromatic carbocycles. The van der Waals surface area contributed by atoms with E-state index in [2.05, 4.69) is 10.1 Å². The second kappa shape index (κ2) is 5.96. The number of likely N-dealkylation sites (N-methyl/N-ethyl adjacent to an activating group) is 1. The van der Waals surface area contributed by atoms with Crippen molar-refractivity contribution in [3.8, 4) is 16.9 Å². The van der Waals surface area contributed by atoms with Crippen LogP contribution in [0.25, 0.3) is 22.0 Å². The number of aromatic hydroxyl groups is 1. The first-order chi connectivity index (χ1) is 11.0. The summed E-state index contributed by atoms with van der Waals surface area (Å²) in [5, 5.41) is 23.5. The summed E-state index contributed by atoms with van der Waals surface area (Å²) < 4.78 is 1.70. The minimum absolute atomic E-state index is 0.198. The molecule has 3 rings (SSSR count). The van der Waals surface area contributed by atoms with E-state index in [-0.39, 0.29) is 5.75 Å². The van der Waals surface area contributed by atoms with Crippen molar-refractivity contribution in [1.29, 1.82) is 0 Å². The van der Waals surface area contributed by atoms with Gasteiger partial charge in [0.25, 0.3) is 0 Å². The van der Waals surface area contributed by atoms with E-state index in [0.717, 1.165) is 22.0 Å². The number of nitrogens with zero attached hydrogens (tertiary/aromatic N) is 4. The van der Waals surface area contributed by atoms with Gasteiger partial charge in [0.15, 0.2) is 0 Å². The lowest BCUT2D eigenvalue weighted by molar-refractivity contribution is 0.154. The lowest BCUT2D eigenvalue weighted by Crippen LogP contribution is -2.28. The summed E-state index contributed by atoms with van der Waals surface area (Å²) in [6.45, 7) is 0.838. The van der Waals surface area contributed by atoms with Crippen LogP contribution in [0.15, 0.2) is 42.9 Å². The summed E-state index contributed by atoms with van der Waals surface area (Å²) >= 11 is 0. The first kappa shape index (κ1) is 14.8. The molecule has 2 N–H and O–H groups in total. The Kier molecular flexibility index (Phi) is 3.84. The lowest BCUT2D eigenvalue weighted by Gasteiger charge is -2.12. The number of phenolic OH excluding ortho intramolecular Hbond substituents is 1. The Balaban J connectivity index is 1.81. The third-order valence-corrected chi connectivity index (χ3v) is 3.62. The number of carboxylic acid groups (broad SMARTS) is 1. The van der Waals surface area contributed by atoms with Crippen LogP contribution in [0.2, 0.25) is 0 Å². The van der Waals surface area contributed by atoms with Crippen LogP contribution in [0, 0.1) is 0 Å². The molecule has 0 atom stereocenters. The third-order valence-electron chi connectivity index (χ3n) is 3.62. The van der Waals surface area contributed by atoms with Gasteiger partial charge in [0, 0.05) is 42.5 Å². The molecule has 118 valence electrons. The van der Waals surface area contributed by atoms with E-state index in [1.54, 1.807) is 35.3 Å². The molecule has 0 aliphatic rings. The van der Waals surface area contributed by atoms with Gasteiger partial charge in [-0.2, -0.15) is 5.10 Å². The van der Waals surface area contributed by atoms with Crippen molar-refractivity contribution in [2.75, 3.05) is 13.6 Å². The summed E-state index contributed by atoms with van der Waals surface area (Å²) in [4.78, 5) is 16.3. The lowest BCUT2D eigenvalue weighted by atomic mass is 10.1. The highest BCUT2D eigenvalue weighted by atomic mass is 16.4. The van der Waals surface area contributed by atoms with Crippen molar-refractivity contribution < 1.29 is 15.0 Å². The summed E-state index contributed by atoms with van der Waals surface area (Å²) in [6, 6.07) is 6.97. The van der Waals surface area contributed by atoms with Gasteiger partial charge in [-0.25, -0.2) is 4.79 Å². The Morgan fingerprint density at radius 1 is 1.26 bits per heavy atom. The van der Waals surface area contributed by atoms with Crippen LogP contribution < -0.4 is 0 Å². The Morgan fingerprint density at radius 3 is 2.87 bits per heavy atom. The first-order valence-electron chi connectivity index (χ1n) is 7.08. The highest BCUT2D eigenvalue weighted by Gasteiger charge is 2.07. The third kappa shape index (κ3) is 3.23. The number of phenols is 1. The predicted molar refractivity (Wildman–Crippen MR) is 85.3 cm³/mol. The van der Waals surface area contributed by atoms with Crippen molar-refractivity contribution in [2.24, 2.45) is 0 Å². The van der Waals surface area contributed by atoms with E-state index in [4.69, 9.17) is 5.11 Å². The van der Waals surface area contributed by atoms with Crippen LogP contribution in [0.1, 0.15) is 0 Å². The maximum atomic E-state index is 10.8. The van der Waals surface area contributed by atoms with Crippen LogP contribution >= 0.6 is 0 Å². The zero-order valence-corrected chi connectivity index (χ0v) is 12.5. The zero-order chi connectivity index (χ0) is 16.4. The van der Waals surface area contributed by atoms with Crippen LogP contribution in [-0.4, -0.2) is 49.6 Å². The molecule has 0 aliphatic heterocycles. The number of rotatable bonds is 4. The second-order valence-corrected chi connectivity index (χ2v) is 5.30. The molecule has 7 nitrogen and oxygen atoms in total. The van der Waals surface area contributed by atoms with Crippen LogP contribution in [0.5, 0.6) is 5.75 Å². The second-order valence-electron chi connectivity index (χ2n) is 5.30. The largest absolute Gasteiger partial charge is 0.508 e. The summed E-state index contributed by atoms with van der Waals surface area (Å²) in [5.41, 5.74) is 2.59. The smallest absolute Gasteiger partial charge is 0.407 e. The van der Waals surface area contributed by atoms with E-state index in [0.29, 0.717) is 13.1 Å². The molecular weight excluding hydrogens is 296 g/mol. The Hall–Kier alpha value is -3.09. The van der Waals surface area contributed by atoms with Gasteiger partial charge in [-0.3, -0.25) is 9.67 Å². The van der Waals surface area contributed by atoms with Crippen molar-refractivity contribution in [2.45, 2.75) is 6.54 Å². The monoisotopic (exact) mass is 312 g/mol. The summed E-state index contributed by atoms with van der Waals surface area (Å²) in [6.07, 6.45) is 4.36. The van der Waals surface area contributed by atoms with Crippen molar-refractivity contribution >= 4 is 17.0 Å². The number of carbonyl (C=O) groups is 1. The minimum atomic E-state index is -0.962. The maximum Gasteiger partial charge on any atom is 0.407 e. The Morgan fingerprint density at radius 2 is 2.09 bits per heavy atom. The molecule has 2 heterocycles. The van der Waals surface area contributed by atoms with E-state index in [9.17, 15) is 9.90 Å². The quantitative estimate of drug-likeness (QED) is 0.772. The van der Waals surface area contributed by atoms with E-state index < -0.39 is 6.09 Å². The topological polar surface area (TPSA) is 91.5 Å². The zero-order valence-electron chi connectivity index (χ0n) is 12.5. The summed E-state index contributed by atoms with van der Waals surface area (Å²) in [7, 11) is 1.52. The fourth-order valence-corrected chi connectivity index (χ4v) is 2.26. The minimum Gasteiger partial charge on any atom is -0.508 e. The van der Waals surface area contributed by atoms with E-state index in [1.807, 2.05) is 12.3 Å². The molecule has 1 amide bonds. The number of fused-ring (bicyclic) bond motifs is 1. The first-order valence-corrected chi connectivity index (χ1v) is 7.08. The van der Waals surface area contributed by atoms with Gasteiger partial charge in [-0.05, 0) is 24.3 Å². The molecule has 0 saturated carbocycles. The normalized spacial score (nSPS) is 10.8. The van der Waals surface area contributed by atoms with Crippen molar-refractivity contribution in [1.82, 2.24) is 19.7 Å². The van der Waals surface area contributed by atoms with Crippen molar-refractivity contribution in [3.63, 3.8) is 0 Å². The Bertz CT molecular complexity index is 859. The number of hydrogen-bond acceptors (Lipinski definition) is 4. The highest BCUT2D eigenvalue weighted by molar-refractivity contribution is 5.84. The molecular formula is C16H16N4O3. The summed E-state index contributed by atoms with van der Waals surface area (Å²) in [5.74, 6) is 0.198. The van der Waals surface area contributed by atoms with Gasteiger partial charge in [0.1, 0.15) is 5.75 Å². The van der Waals surface area contributed by atoms with Gasteiger partial charge in [-0.15, -0.1) is 0 Å². The molecule has 0 bridgehead atoms. The Labute approximate surface area is 132 Å². The molecule has 0 radical (unpaired) electrons. The fourth-order valence-electron chi connectivity index (χ4n) is 2.26. The van der Waals surface area contributed by atoms with Gasteiger partial charge in [0.05, 0.1) is 18.3 Å². The average molecular weight is 312 g/mol. The number of hydrogen-bond donors (Lipinski definition) is 2. The molecule has 7 heteroatoms. The maximum absolute atomic E-state index is 10.8. The molecule has 0 spiro atoms. The van der Waals surface area contributed by atoms with E-state index in [1.165, 1.54) is 11.9 Å². The van der Waals surface area contributed by atoms with Crippen molar-refractivity contribution in [3.05, 3.63) is 42.9 Å². The fraction of sp³-hybridized carbons (Fsp3) is 0.188. The van der Waals surface area contributed by atoms with E-state index >= 15 is 0 Å². The molecule has 2 aromatic heterocycles. The highest BCUT2D eigenvalue weighted by Crippen LogP contribution is 2.24. The molecule has 0 fully saturated rings. The molecule has 23 heavy (non-hydrogen) atoms. The number of benzene rings is 1. The number of pyridine rings is 1. The average Bonchev–Trinajstić information content (AvgIpc) is 3.00. The number of aromatic nitrogens is 3. The van der Waals surface area contributed by atoms with Gasteiger partial charge < -0.3 is 15.1 Å². The standard InChI is InChI=1S/C16H16N4O3/c1-19(16(22)23)4-5-20-10-13(9-18-20)12-6-11-7-14(21)2-3-15(11)17-8-12/h2-3,6-10,21H,4-5H2,1H3,(H,22,23). The molecule has 0 saturated heterocycles. The van der Waals surface area contributed by atoms with Gasteiger partial charge >= 0.3 is 6.09 Å². The van der Waals surface area contributed by atoms with Crippen LogP contribution in [-0.2, 0) is 6.54 Å².